The Labute approximate surface area is 93.4 Å². The van der Waals surface area contributed by atoms with Gasteiger partial charge in [0, 0.05) is 5.75 Å². The fourth-order valence-electron chi connectivity index (χ4n) is 1.12. The molecule has 1 rings (SSSR count). The van der Waals surface area contributed by atoms with Crippen molar-refractivity contribution >= 4 is 17.7 Å². The van der Waals surface area contributed by atoms with Crippen molar-refractivity contribution < 1.29 is 14.6 Å². The van der Waals surface area contributed by atoms with Crippen molar-refractivity contribution in [3.8, 4) is 5.75 Å². The minimum Gasteiger partial charge on any atom is -0.493 e. The van der Waals surface area contributed by atoms with Crippen LogP contribution in [0.25, 0.3) is 0 Å². The van der Waals surface area contributed by atoms with Crippen LogP contribution in [0.3, 0.4) is 0 Å². The first-order valence-corrected chi connectivity index (χ1v) is 6.04. The molecule has 82 valence electrons. The molecule has 0 saturated heterocycles. The first kappa shape index (κ1) is 11.9. The Morgan fingerprint density at radius 2 is 2.07 bits per heavy atom. The summed E-state index contributed by atoms with van der Waals surface area (Å²) in [5.41, 5.74) is 0.791. The minimum atomic E-state index is -0.814. The number of carboxylic acid groups (broad SMARTS) is 1. The molecule has 4 heteroatoms. The molecule has 3 nitrogen and oxygen atoms in total. The van der Waals surface area contributed by atoms with Crippen LogP contribution in [0.1, 0.15) is 5.56 Å². The van der Waals surface area contributed by atoms with Gasteiger partial charge in [-0.15, -0.1) is 0 Å². The monoisotopic (exact) mass is 226 g/mol. The van der Waals surface area contributed by atoms with E-state index in [1.165, 1.54) is 0 Å². The van der Waals surface area contributed by atoms with Gasteiger partial charge in [0.25, 0.3) is 0 Å². The lowest BCUT2D eigenvalue weighted by molar-refractivity contribution is -0.136. The Bertz CT molecular complexity index is 308. The molecule has 0 aliphatic rings. The van der Waals surface area contributed by atoms with E-state index in [0.29, 0.717) is 6.61 Å². The fourth-order valence-corrected chi connectivity index (χ4v) is 1.37. The average Bonchev–Trinajstić information content (AvgIpc) is 2.20. The van der Waals surface area contributed by atoms with Crippen molar-refractivity contribution in [3.63, 3.8) is 0 Å². The van der Waals surface area contributed by atoms with Crippen LogP contribution in [0.2, 0.25) is 0 Å². The van der Waals surface area contributed by atoms with Gasteiger partial charge in [-0.25, -0.2) is 0 Å². The molecule has 0 aliphatic heterocycles. The topological polar surface area (TPSA) is 46.5 Å². The highest BCUT2D eigenvalue weighted by molar-refractivity contribution is 7.98. The number of hydrogen-bond donors (Lipinski definition) is 1. The van der Waals surface area contributed by atoms with Gasteiger partial charge in [0.15, 0.2) is 0 Å². The molecule has 0 heterocycles. The molecular weight excluding hydrogens is 212 g/mol. The Morgan fingerprint density at radius 1 is 1.40 bits per heavy atom. The Hall–Kier alpha value is -1.16. The van der Waals surface area contributed by atoms with Gasteiger partial charge in [-0.3, -0.25) is 4.79 Å². The summed E-state index contributed by atoms with van der Waals surface area (Å²) in [4.78, 5) is 10.4. The minimum absolute atomic E-state index is 0.0606. The number of carbonyl (C=O) groups is 1. The number of aliphatic carboxylic acids is 1. The third-order valence-electron chi connectivity index (χ3n) is 1.83. The van der Waals surface area contributed by atoms with Gasteiger partial charge >= 0.3 is 5.97 Å². The zero-order valence-electron chi connectivity index (χ0n) is 8.60. The standard InChI is InChI=1S/C11H14O3S/c1-15-7-6-14-10-4-2-9(3-5-10)8-11(12)13/h2-5H,6-8H2,1H3,(H,12,13). The zero-order valence-corrected chi connectivity index (χ0v) is 9.42. The van der Waals surface area contributed by atoms with Crippen molar-refractivity contribution in [3.05, 3.63) is 29.8 Å². The number of thioether (sulfide) groups is 1. The van der Waals surface area contributed by atoms with Crippen LogP contribution >= 0.6 is 11.8 Å². The second kappa shape index (κ2) is 6.35. The van der Waals surface area contributed by atoms with Crippen LogP contribution < -0.4 is 4.74 Å². The second-order valence-corrected chi connectivity index (χ2v) is 4.04. The Balaban J connectivity index is 2.45. The summed E-state index contributed by atoms with van der Waals surface area (Å²) < 4.78 is 5.44. The lowest BCUT2D eigenvalue weighted by atomic mass is 10.1. The van der Waals surface area contributed by atoms with Crippen molar-refractivity contribution in [1.29, 1.82) is 0 Å². The quantitative estimate of drug-likeness (QED) is 0.754. The smallest absolute Gasteiger partial charge is 0.307 e. The summed E-state index contributed by atoms with van der Waals surface area (Å²) in [7, 11) is 0. The fraction of sp³-hybridized carbons (Fsp3) is 0.364. The largest absolute Gasteiger partial charge is 0.493 e. The van der Waals surface area contributed by atoms with Gasteiger partial charge in [0.05, 0.1) is 13.0 Å². The predicted molar refractivity (Wildman–Crippen MR) is 61.7 cm³/mol. The molecule has 15 heavy (non-hydrogen) atoms. The average molecular weight is 226 g/mol. The summed E-state index contributed by atoms with van der Waals surface area (Å²) in [6.45, 7) is 0.680. The molecule has 0 bridgehead atoms. The number of rotatable bonds is 6. The molecule has 0 radical (unpaired) electrons. The second-order valence-electron chi connectivity index (χ2n) is 3.06. The van der Waals surface area contributed by atoms with Crippen LogP contribution in [-0.4, -0.2) is 29.7 Å². The molecule has 0 aliphatic carbocycles. The highest BCUT2D eigenvalue weighted by atomic mass is 32.2. The van der Waals surface area contributed by atoms with E-state index in [9.17, 15) is 4.79 Å². The molecule has 1 N–H and O–H groups in total. The maximum atomic E-state index is 10.4. The zero-order chi connectivity index (χ0) is 11.1. The summed E-state index contributed by atoms with van der Waals surface area (Å²) in [5.74, 6) is 0.931. The maximum Gasteiger partial charge on any atom is 0.307 e. The number of carboxylic acids is 1. The van der Waals surface area contributed by atoms with Crippen molar-refractivity contribution in [2.45, 2.75) is 6.42 Å². The highest BCUT2D eigenvalue weighted by Gasteiger charge is 2.00. The van der Waals surface area contributed by atoms with E-state index in [0.717, 1.165) is 17.1 Å². The lowest BCUT2D eigenvalue weighted by Gasteiger charge is -2.05. The van der Waals surface area contributed by atoms with Crippen LogP contribution in [-0.2, 0) is 11.2 Å². The third-order valence-corrected chi connectivity index (χ3v) is 2.41. The van der Waals surface area contributed by atoms with Crippen LogP contribution in [0.5, 0.6) is 5.75 Å². The lowest BCUT2D eigenvalue weighted by Crippen LogP contribution is -2.01. The Kier molecular flexibility index (Phi) is 5.04. The molecule has 0 amide bonds. The van der Waals surface area contributed by atoms with Gasteiger partial charge in [-0.2, -0.15) is 11.8 Å². The van der Waals surface area contributed by atoms with E-state index in [2.05, 4.69) is 0 Å². The Morgan fingerprint density at radius 3 is 2.60 bits per heavy atom. The van der Waals surface area contributed by atoms with E-state index in [-0.39, 0.29) is 6.42 Å². The van der Waals surface area contributed by atoms with E-state index >= 15 is 0 Å². The van der Waals surface area contributed by atoms with Gasteiger partial charge in [-0.05, 0) is 24.0 Å². The van der Waals surface area contributed by atoms with E-state index in [1.54, 1.807) is 36.0 Å². The van der Waals surface area contributed by atoms with Crippen LogP contribution in [0.4, 0.5) is 0 Å². The number of hydrogen-bond acceptors (Lipinski definition) is 3. The van der Waals surface area contributed by atoms with Crippen molar-refractivity contribution in [2.24, 2.45) is 0 Å². The van der Waals surface area contributed by atoms with Gasteiger partial charge in [-0.1, -0.05) is 12.1 Å². The maximum absolute atomic E-state index is 10.4. The first-order valence-electron chi connectivity index (χ1n) is 4.65. The van der Waals surface area contributed by atoms with E-state index < -0.39 is 5.97 Å². The van der Waals surface area contributed by atoms with Gasteiger partial charge < -0.3 is 9.84 Å². The summed E-state index contributed by atoms with van der Waals surface area (Å²) >= 11 is 1.73. The first-order chi connectivity index (χ1) is 7.22. The van der Waals surface area contributed by atoms with Gasteiger partial charge in [0.2, 0.25) is 0 Å². The molecule has 0 saturated carbocycles. The van der Waals surface area contributed by atoms with Crippen LogP contribution in [0.15, 0.2) is 24.3 Å². The summed E-state index contributed by atoms with van der Waals surface area (Å²) in [6, 6.07) is 7.17. The molecule has 0 unspecified atom stereocenters. The van der Waals surface area contributed by atoms with Crippen LogP contribution in [0, 0.1) is 0 Å². The molecule has 0 aromatic heterocycles. The predicted octanol–water partition coefficient (Wildman–Crippen LogP) is 2.06. The normalized spacial score (nSPS) is 9.93. The van der Waals surface area contributed by atoms with Crippen molar-refractivity contribution in [1.82, 2.24) is 0 Å². The number of ether oxygens (including phenoxy) is 1. The molecule has 0 fully saturated rings. The molecule has 0 spiro atoms. The summed E-state index contributed by atoms with van der Waals surface area (Å²) in [6.07, 6.45) is 2.09. The van der Waals surface area contributed by atoms with E-state index in [1.807, 2.05) is 6.26 Å². The highest BCUT2D eigenvalue weighted by Crippen LogP contribution is 2.12. The van der Waals surface area contributed by atoms with E-state index in [4.69, 9.17) is 9.84 Å². The van der Waals surface area contributed by atoms with Gasteiger partial charge in [0.1, 0.15) is 5.75 Å². The third kappa shape index (κ3) is 4.74. The molecule has 1 aromatic rings. The number of benzene rings is 1. The summed E-state index contributed by atoms with van der Waals surface area (Å²) in [5, 5.41) is 8.58. The van der Waals surface area contributed by atoms with Crippen molar-refractivity contribution in [2.75, 3.05) is 18.6 Å². The SMILES string of the molecule is CSCCOc1ccc(CC(=O)O)cc1. The molecular formula is C11H14O3S. The molecule has 1 aromatic carbocycles. The molecule has 0 atom stereocenters.